The zero-order chi connectivity index (χ0) is 11.0. The van der Waals surface area contributed by atoms with Crippen LogP contribution in [-0.4, -0.2) is 11.0 Å². The molecule has 0 aliphatic heterocycles. The fraction of sp³-hybridized carbons (Fsp3) is 0.364. The molecule has 1 aliphatic carbocycles. The van der Waals surface area contributed by atoms with Gasteiger partial charge in [-0.05, 0) is 40.9 Å². The molecule has 5 heteroatoms. The van der Waals surface area contributed by atoms with E-state index >= 15 is 0 Å². The van der Waals surface area contributed by atoms with Crippen LogP contribution in [0.4, 0.5) is 0 Å². The number of rotatable bonds is 4. The van der Waals surface area contributed by atoms with Crippen LogP contribution < -0.4 is 5.32 Å². The summed E-state index contributed by atoms with van der Waals surface area (Å²) in [4.78, 5) is 5.88. The van der Waals surface area contributed by atoms with Crippen LogP contribution in [0.25, 0.3) is 9.88 Å². The summed E-state index contributed by atoms with van der Waals surface area (Å²) in [5.41, 5.74) is 1.16. The Hall–Kier alpha value is -0.230. The van der Waals surface area contributed by atoms with Gasteiger partial charge >= 0.3 is 0 Å². The van der Waals surface area contributed by atoms with Crippen molar-refractivity contribution < 1.29 is 0 Å². The van der Waals surface area contributed by atoms with Crippen molar-refractivity contribution in [2.75, 3.05) is 0 Å². The molecule has 1 aliphatic rings. The average molecular weight is 315 g/mol. The van der Waals surface area contributed by atoms with Crippen molar-refractivity contribution in [1.82, 2.24) is 10.3 Å². The highest BCUT2D eigenvalue weighted by Crippen LogP contribution is 2.33. The van der Waals surface area contributed by atoms with Crippen molar-refractivity contribution in [3.63, 3.8) is 0 Å². The number of hydrogen-bond donors (Lipinski definition) is 1. The van der Waals surface area contributed by atoms with Gasteiger partial charge in [0.05, 0.1) is 14.4 Å². The van der Waals surface area contributed by atoms with Crippen molar-refractivity contribution in [2.24, 2.45) is 0 Å². The molecule has 2 heterocycles. The molecule has 0 unspecified atom stereocenters. The highest BCUT2D eigenvalue weighted by molar-refractivity contribution is 9.11. The van der Waals surface area contributed by atoms with Gasteiger partial charge in [0.15, 0.2) is 0 Å². The van der Waals surface area contributed by atoms with E-state index in [4.69, 9.17) is 0 Å². The quantitative estimate of drug-likeness (QED) is 0.926. The Kier molecular flexibility index (Phi) is 3.11. The molecule has 84 valence electrons. The summed E-state index contributed by atoms with van der Waals surface area (Å²) in [5.74, 6) is 0. The molecule has 0 spiro atoms. The lowest BCUT2D eigenvalue weighted by atomic mass is 10.4. The zero-order valence-corrected chi connectivity index (χ0v) is 11.8. The van der Waals surface area contributed by atoms with Gasteiger partial charge in [-0.25, -0.2) is 4.98 Å². The number of halogens is 1. The fourth-order valence-electron chi connectivity index (χ4n) is 1.47. The van der Waals surface area contributed by atoms with Crippen molar-refractivity contribution in [1.29, 1.82) is 0 Å². The lowest BCUT2D eigenvalue weighted by molar-refractivity contribution is 0.678. The molecule has 2 nitrogen and oxygen atoms in total. The maximum Gasteiger partial charge on any atom is 0.133 e. The molecule has 16 heavy (non-hydrogen) atoms. The monoisotopic (exact) mass is 314 g/mol. The minimum atomic E-state index is 0.751. The Bertz CT molecular complexity index is 488. The van der Waals surface area contributed by atoms with Crippen LogP contribution in [-0.2, 0) is 6.54 Å². The Labute approximate surface area is 111 Å². The smallest absolute Gasteiger partial charge is 0.133 e. The van der Waals surface area contributed by atoms with E-state index in [1.54, 1.807) is 22.7 Å². The minimum absolute atomic E-state index is 0.751. The van der Waals surface area contributed by atoms with Crippen LogP contribution in [0.2, 0.25) is 0 Å². The summed E-state index contributed by atoms with van der Waals surface area (Å²) in [6, 6.07) is 4.94. The third kappa shape index (κ3) is 2.53. The molecule has 0 atom stereocenters. The minimum Gasteiger partial charge on any atom is -0.308 e. The molecule has 1 fully saturated rings. The average Bonchev–Trinajstić information content (AvgIpc) is 2.81. The zero-order valence-electron chi connectivity index (χ0n) is 8.57. The van der Waals surface area contributed by atoms with E-state index in [9.17, 15) is 0 Å². The van der Waals surface area contributed by atoms with E-state index in [1.165, 1.54) is 17.7 Å². The van der Waals surface area contributed by atoms with E-state index in [-0.39, 0.29) is 0 Å². The SMILES string of the molecule is Brc1ccc(-c2nc(CNC3CC3)cs2)s1. The van der Waals surface area contributed by atoms with Gasteiger partial charge in [0.25, 0.3) is 0 Å². The van der Waals surface area contributed by atoms with Crippen LogP contribution in [0, 0.1) is 0 Å². The molecular weight excluding hydrogens is 304 g/mol. The first-order valence-corrected chi connectivity index (χ1v) is 7.74. The van der Waals surface area contributed by atoms with Crippen LogP contribution >= 0.6 is 38.6 Å². The van der Waals surface area contributed by atoms with Gasteiger partial charge in [0, 0.05) is 18.0 Å². The normalized spacial score (nSPS) is 15.6. The maximum atomic E-state index is 4.64. The molecule has 0 amide bonds. The molecule has 1 N–H and O–H groups in total. The lowest BCUT2D eigenvalue weighted by Crippen LogP contribution is -2.15. The van der Waals surface area contributed by atoms with Gasteiger partial charge in [-0.3, -0.25) is 0 Å². The molecule has 0 bridgehead atoms. The van der Waals surface area contributed by atoms with Crippen LogP contribution in [0.1, 0.15) is 18.5 Å². The second-order valence-corrected chi connectivity index (χ2v) is 7.22. The van der Waals surface area contributed by atoms with Crippen LogP contribution in [0.15, 0.2) is 21.3 Å². The number of nitrogens with zero attached hydrogens (tertiary/aromatic N) is 1. The largest absolute Gasteiger partial charge is 0.308 e. The highest BCUT2D eigenvalue weighted by Gasteiger charge is 2.20. The number of hydrogen-bond acceptors (Lipinski definition) is 4. The number of thiazole rings is 1. The number of nitrogens with one attached hydrogen (secondary N) is 1. The maximum absolute atomic E-state index is 4.64. The van der Waals surface area contributed by atoms with Gasteiger partial charge in [0.1, 0.15) is 5.01 Å². The van der Waals surface area contributed by atoms with E-state index in [2.05, 4.69) is 43.7 Å². The molecule has 0 aromatic carbocycles. The number of aromatic nitrogens is 1. The second-order valence-electron chi connectivity index (χ2n) is 3.90. The lowest BCUT2D eigenvalue weighted by Gasteiger charge is -1.97. The topological polar surface area (TPSA) is 24.9 Å². The summed E-state index contributed by atoms with van der Waals surface area (Å²) in [5, 5.41) is 6.76. The fourth-order valence-corrected chi connectivity index (χ4v) is 3.74. The van der Waals surface area contributed by atoms with Gasteiger partial charge < -0.3 is 5.32 Å². The molecule has 0 saturated heterocycles. The van der Waals surface area contributed by atoms with Crippen molar-refractivity contribution >= 4 is 38.6 Å². The standard InChI is InChI=1S/C11H11BrN2S2/c12-10-4-3-9(16-10)11-14-8(6-15-11)5-13-7-1-2-7/h3-4,6-7,13H,1-2,5H2. The van der Waals surface area contributed by atoms with E-state index in [0.717, 1.165) is 27.1 Å². The van der Waals surface area contributed by atoms with Gasteiger partial charge in [-0.15, -0.1) is 22.7 Å². The van der Waals surface area contributed by atoms with Gasteiger partial charge in [-0.2, -0.15) is 0 Å². The molecule has 3 rings (SSSR count). The first-order chi connectivity index (χ1) is 7.81. The Morgan fingerprint density at radius 1 is 1.44 bits per heavy atom. The second kappa shape index (κ2) is 4.56. The van der Waals surface area contributed by atoms with Gasteiger partial charge in [0.2, 0.25) is 0 Å². The summed E-state index contributed by atoms with van der Waals surface area (Å²) in [6.07, 6.45) is 2.66. The Balaban J connectivity index is 1.71. The first-order valence-electron chi connectivity index (χ1n) is 5.25. The van der Waals surface area contributed by atoms with E-state index in [1.807, 2.05) is 0 Å². The number of thiophene rings is 1. The molecular formula is C11H11BrN2S2. The summed E-state index contributed by atoms with van der Waals surface area (Å²) in [6.45, 7) is 0.910. The van der Waals surface area contributed by atoms with Crippen LogP contribution in [0.5, 0.6) is 0 Å². The van der Waals surface area contributed by atoms with Crippen molar-refractivity contribution in [2.45, 2.75) is 25.4 Å². The first kappa shape index (κ1) is 10.9. The summed E-state index contributed by atoms with van der Waals surface area (Å²) < 4.78 is 1.16. The van der Waals surface area contributed by atoms with E-state index in [0.29, 0.717) is 0 Å². The predicted octanol–water partition coefficient (Wildman–Crippen LogP) is 3.89. The summed E-state index contributed by atoms with van der Waals surface area (Å²) >= 11 is 6.94. The molecule has 0 radical (unpaired) electrons. The van der Waals surface area contributed by atoms with Gasteiger partial charge in [-0.1, -0.05) is 0 Å². The highest BCUT2D eigenvalue weighted by atomic mass is 79.9. The third-order valence-electron chi connectivity index (χ3n) is 2.48. The molecule has 2 aromatic heterocycles. The molecule has 1 saturated carbocycles. The summed E-state index contributed by atoms with van der Waals surface area (Å²) in [7, 11) is 0. The van der Waals surface area contributed by atoms with Crippen molar-refractivity contribution in [3.8, 4) is 9.88 Å². The van der Waals surface area contributed by atoms with E-state index < -0.39 is 0 Å². The van der Waals surface area contributed by atoms with Crippen molar-refractivity contribution in [3.05, 3.63) is 27.0 Å². The predicted molar refractivity (Wildman–Crippen MR) is 73.0 cm³/mol. The molecule has 2 aromatic rings. The van der Waals surface area contributed by atoms with Crippen LogP contribution in [0.3, 0.4) is 0 Å². The Morgan fingerprint density at radius 2 is 2.31 bits per heavy atom. The third-order valence-corrected chi connectivity index (χ3v) is 5.17. The Morgan fingerprint density at radius 3 is 3.00 bits per heavy atom.